The van der Waals surface area contributed by atoms with Crippen molar-refractivity contribution in [3.63, 3.8) is 0 Å². The Kier molecular flexibility index (Phi) is 4.09. The first-order valence-corrected chi connectivity index (χ1v) is 6.96. The molecule has 1 aromatic carbocycles. The van der Waals surface area contributed by atoms with Gasteiger partial charge in [-0.2, -0.15) is 0 Å². The average molecular weight is 282 g/mol. The number of anilines is 2. The number of para-hydroxylation sites is 1. The lowest BCUT2D eigenvalue weighted by Crippen LogP contribution is -2.14. The Morgan fingerprint density at radius 1 is 1.39 bits per heavy atom. The Morgan fingerprint density at radius 3 is 2.78 bits per heavy atom. The molecule has 1 N–H and O–H groups in total. The zero-order chi connectivity index (χ0) is 13.1. The molecular weight excluding hydrogens is 266 g/mol. The third-order valence-corrected chi connectivity index (χ3v) is 3.95. The van der Waals surface area contributed by atoms with Crippen molar-refractivity contribution in [2.75, 3.05) is 24.3 Å². The molecule has 1 aromatic heterocycles. The number of hydrogen-bond donors (Lipinski definition) is 1. The van der Waals surface area contributed by atoms with Crippen LogP contribution in [0.4, 0.5) is 11.4 Å². The third-order valence-electron chi connectivity index (χ3n) is 2.68. The van der Waals surface area contributed by atoms with E-state index in [1.165, 1.54) is 4.88 Å². The van der Waals surface area contributed by atoms with Gasteiger partial charge in [0.15, 0.2) is 0 Å². The van der Waals surface area contributed by atoms with Gasteiger partial charge in [-0.1, -0.05) is 17.7 Å². The maximum Gasteiger partial charge on any atom is 0.0795 e. The van der Waals surface area contributed by atoms with Crippen LogP contribution in [-0.4, -0.2) is 19.1 Å². The van der Waals surface area contributed by atoms with Crippen LogP contribution in [-0.2, 0) is 0 Å². The number of halogens is 1. The minimum atomic E-state index is 0.217. The van der Waals surface area contributed by atoms with Gasteiger partial charge in [-0.15, -0.1) is 11.3 Å². The van der Waals surface area contributed by atoms with Crippen LogP contribution in [0.15, 0.2) is 29.9 Å². The van der Waals surface area contributed by atoms with E-state index < -0.39 is 0 Å². The smallest absolute Gasteiger partial charge is 0.0795 e. The minimum Gasteiger partial charge on any atom is -0.376 e. The highest BCUT2D eigenvalue weighted by Gasteiger charge is 2.13. The van der Waals surface area contributed by atoms with Gasteiger partial charge in [0.2, 0.25) is 0 Å². The summed E-state index contributed by atoms with van der Waals surface area (Å²) in [6, 6.07) is 6.12. The van der Waals surface area contributed by atoms with Crippen molar-refractivity contribution in [1.82, 2.24) is 4.98 Å². The Morgan fingerprint density at radius 2 is 2.17 bits per heavy atom. The molecule has 0 amide bonds. The number of aromatic nitrogens is 1. The standard InChI is InChI=1S/C13H16ClN3S/c1-9(12-7-15-8-18-12)16-11-6-4-5-10(14)13(11)17(2)3/h4-9,16H,1-3H3. The molecule has 18 heavy (non-hydrogen) atoms. The second-order valence-corrected chi connectivity index (χ2v) is 5.63. The van der Waals surface area contributed by atoms with E-state index >= 15 is 0 Å². The van der Waals surface area contributed by atoms with E-state index in [-0.39, 0.29) is 6.04 Å². The fraction of sp³-hybridized carbons (Fsp3) is 0.308. The SMILES string of the molecule is CC(Nc1cccc(Cl)c1N(C)C)c1cncs1. The molecule has 0 saturated heterocycles. The summed E-state index contributed by atoms with van der Waals surface area (Å²) >= 11 is 7.89. The predicted octanol–water partition coefficient (Wildman–Crippen LogP) is 4.04. The lowest BCUT2D eigenvalue weighted by Gasteiger charge is -2.22. The van der Waals surface area contributed by atoms with Gasteiger partial charge in [0, 0.05) is 25.2 Å². The summed E-state index contributed by atoms with van der Waals surface area (Å²) in [6.07, 6.45) is 1.89. The van der Waals surface area contributed by atoms with Gasteiger partial charge in [0.1, 0.15) is 0 Å². The van der Waals surface area contributed by atoms with E-state index in [2.05, 4.69) is 17.2 Å². The molecule has 2 rings (SSSR count). The van der Waals surface area contributed by atoms with Gasteiger partial charge in [0.25, 0.3) is 0 Å². The molecule has 1 atom stereocenters. The van der Waals surface area contributed by atoms with Gasteiger partial charge in [0.05, 0.1) is 27.9 Å². The zero-order valence-corrected chi connectivity index (χ0v) is 12.2. The van der Waals surface area contributed by atoms with Gasteiger partial charge >= 0.3 is 0 Å². The molecule has 3 nitrogen and oxygen atoms in total. The maximum absolute atomic E-state index is 6.24. The fourth-order valence-corrected chi connectivity index (χ4v) is 2.80. The topological polar surface area (TPSA) is 28.2 Å². The van der Waals surface area contributed by atoms with Gasteiger partial charge in [-0.3, -0.25) is 4.98 Å². The highest BCUT2D eigenvalue weighted by molar-refractivity contribution is 7.09. The van der Waals surface area contributed by atoms with E-state index in [0.717, 1.165) is 16.4 Å². The lowest BCUT2D eigenvalue weighted by molar-refractivity contribution is 0.901. The highest BCUT2D eigenvalue weighted by Crippen LogP contribution is 2.34. The number of rotatable bonds is 4. The normalized spacial score (nSPS) is 12.2. The summed E-state index contributed by atoms with van der Waals surface area (Å²) in [5.41, 5.74) is 3.89. The molecule has 0 bridgehead atoms. The fourth-order valence-electron chi connectivity index (χ4n) is 1.83. The molecule has 0 aliphatic heterocycles. The van der Waals surface area contributed by atoms with Gasteiger partial charge < -0.3 is 10.2 Å². The lowest BCUT2D eigenvalue weighted by atomic mass is 10.2. The number of benzene rings is 1. The first-order chi connectivity index (χ1) is 8.59. The molecule has 0 fully saturated rings. The Balaban J connectivity index is 2.26. The van der Waals surface area contributed by atoms with Crippen molar-refractivity contribution in [1.29, 1.82) is 0 Å². The molecule has 1 heterocycles. The average Bonchev–Trinajstić information content (AvgIpc) is 2.81. The Hall–Kier alpha value is -1.26. The van der Waals surface area contributed by atoms with Crippen LogP contribution in [0.3, 0.4) is 0 Å². The molecule has 0 aliphatic carbocycles. The van der Waals surface area contributed by atoms with E-state index in [4.69, 9.17) is 11.6 Å². The third kappa shape index (κ3) is 2.76. The second-order valence-electron chi connectivity index (χ2n) is 4.30. The van der Waals surface area contributed by atoms with Crippen molar-refractivity contribution >= 4 is 34.3 Å². The van der Waals surface area contributed by atoms with Gasteiger partial charge in [-0.05, 0) is 19.1 Å². The largest absolute Gasteiger partial charge is 0.376 e. The van der Waals surface area contributed by atoms with Crippen LogP contribution in [0.1, 0.15) is 17.8 Å². The number of hydrogen-bond acceptors (Lipinski definition) is 4. The molecule has 2 aromatic rings. The Bertz CT molecular complexity index is 511. The van der Waals surface area contributed by atoms with Crippen molar-refractivity contribution in [2.24, 2.45) is 0 Å². The molecule has 0 saturated carbocycles. The molecule has 0 radical (unpaired) electrons. The highest BCUT2D eigenvalue weighted by atomic mass is 35.5. The van der Waals surface area contributed by atoms with Crippen molar-refractivity contribution in [3.8, 4) is 0 Å². The summed E-state index contributed by atoms with van der Waals surface area (Å²) in [7, 11) is 3.98. The minimum absolute atomic E-state index is 0.217. The van der Waals surface area contributed by atoms with E-state index in [0.29, 0.717) is 0 Å². The van der Waals surface area contributed by atoms with Gasteiger partial charge in [-0.25, -0.2) is 0 Å². The van der Waals surface area contributed by atoms with Crippen molar-refractivity contribution in [3.05, 3.63) is 39.8 Å². The zero-order valence-electron chi connectivity index (χ0n) is 10.6. The number of thiazole rings is 1. The van der Waals surface area contributed by atoms with Crippen LogP contribution in [0.2, 0.25) is 5.02 Å². The molecule has 96 valence electrons. The van der Waals surface area contributed by atoms with E-state index in [1.54, 1.807) is 11.3 Å². The summed E-state index contributed by atoms with van der Waals surface area (Å²) in [5, 5.41) is 4.23. The molecule has 1 unspecified atom stereocenters. The number of nitrogens with one attached hydrogen (secondary N) is 1. The molecular formula is C13H16ClN3S. The van der Waals surface area contributed by atoms with Crippen LogP contribution in [0, 0.1) is 0 Å². The van der Waals surface area contributed by atoms with Crippen LogP contribution in [0.25, 0.3) is 0 Å². The Labute approximate surface area is 116 Å². The molecule has 5 heteroatoms. The summed E-state index contributed by atoms with van der Waals surface area (Å²) in [6.45, 7) is 2.12. The van der Waals surface area contributed by atoms with Crippen molar-refractivity contribution in [2.45, 2.75) is 13.0 Å². The first kappa shape index (κ1) is 13.2. The predicted molar refractivity (Wildman–Crippen MR) is 79.9 cm³/mol. The molecule has 0 aliphatic rings. The van der Waals surface area contributed by atoms with E-state index in [9.17, 15) is 0 Å². The maximum atomic E-state index is 6.24. The quantitative estimate of drug-likeness (QED) is 0.917. The summed E-state index contributed by atoms with van der Waals surface area (Å²) in [4.78, 5) is 7.33. The van der Waals surface area contributed by atoms with Crippen LogP contribution >= 0.6 is 22.9 Å². The first-order valence-electron chi connectivity index (χ1n) is 5.70. The molecule has 0 spiro atoms. The summed E-state index contributed by atoms with van der Waals surface area (Å²) < 4.78 is 0. The van der Waals surface area contributed by atoms with Crippen LogP contribution < -0.4 is 10.2 Å². The van der Waals surface area contributed by atoms with E-state index in [1.807, 2.05) is 48.9 Å². The van der Waals surface area contributed by atoms with Crippen molar-refractivity contribution < 1.29 is 0 Å². The summed E-state index contributed by atoms with van der Waals surface area (Å²) in [5.74, 6) is 0. The second kappa shape index (κ2) is 5.59. The number of nitrogens with zero attached hydrogens (tertiary/aromatic N) is 2. The van der Waals surface area contributed by atoms with Crippen LogP contribution in [0.5, 0.6) is 0 Å². The monoisotopic (exact) mass is 281 g/mol.